The quantitative estimate of drug-likeness (QED) is 0.149. The zero-order valence-electron chi connectivity index (χ0n) is 22.9. The third-order valence-electron chi connectivity index (χ3n) is 6.87. The second-order valence-electron chi connectivity index (χ2n) is 9.77. The van der Waals surface area contributed by atoms with E-state index in [1.807, 2.05) is 68.4 Å². The van der Waals surface area contributed by atoms with Gasteiger partial charge < -0.3 is 4.74 Å². The van der Waals surface area contributed by atoms with Crippen molar-refractivity contribution in [2.45, 2.75) is 20.8 Å². The number of nitrogens with zero attached hydrogens (tertiary/aromatic N) is 6. The van der Waals surface area contributed by atoms with Crippen molar-refractivity contribution < 1.29 is 14.5 Å². The summed E-state index contributed by atoms with van der Waals surface area (Å²) in [7, 11) is 0. The minimum Gasteiger partial charge on any atom is -0.460 e. The van der Waals surface area contributed by atoms with Crippen molar-refractivity contribution in [2.24, 2.45) is 0 Å². The summed E-state index contributed by atoms with van der Waals surface area (Å²) in [5.41, 5.74) is 4.52. The Balaban J connectivity index is 1.73. The number of non-ortho nitro benzene ring substituents is 1. The summed E-state index contributed by atoms with van der Waals surface area (Å²) in [4.78, 5) is 47.8. The zero-order chi connectivity index (χ0) is 29.5. The van der Waals surface area contributed by atoms with Crippen LogP contribution in [0.15, 0.2) is 83.7 Å². The number of aromatic nitrogens is 5. The lowest BCUT2D eigenvalue weighted by Crippen LogP contribution is -2.21. The number of aryl methyl sites for hydroxylation is 2. The molecule has 0 atom stereocenters. The molecule has 0 radical (unpaired) electrons. The number of carbonyl (C=O) groups is 1. The number of ether oxygens (including phenoxy) is 1. The van der Waals surface area contributed by atoms with E-state index in [2.05, 4.69) is 5.10 Å². The Morgan fingerprint density at radius 3 is 2.24 bits per heavy atom. The van der Waals surface area contributed by atoms with Crippen molar-refractivity contribution in [1.82, 2.24) is 24.1 Å². The summed E-state index contributed by atoms with van der Waals surface area (Å²) in [5, 5.41) is 16.0. The maximum Gasteiger partial charge on any atom is 0.376 e. The van der Waals surface area contributed by atoms with Gasteiger partial charge in [-0.25, -0.2) is 14.2 Å². The fourth-order valence-electron chi connectivity index (χ4n) is 4.76. The Morgan fingerprint density at radius 2 is 1.60 bits per heavy atom. The second kappa shape index (κ2) is 10.4. The zero-order valence-corrected chi connectivity index (χ0v) is 22.9. The highest BCUT2D eigenvalue weighted by molar-refractivity contribution is 5.96. The van der Waals surface area contributed by atoms with E-state index in [-0.39, 0.29) is 40.6 Å². The molecule has 11 heteroatoms. The van der Waals surface area contributed by atoms with E-state index in [0.29, 0.717) is 11.3 Å². The van der Waals surface area contributed by atoms with Crippen molar-refractivity contribution in [2.75, 3.05) is 6.61 Å². The third kappa shape index (κ3) is 4.56. The van der Waals surface area contributed by atoms with Crippen LogP contribution in [-0.2, 0) is 4.74 Å². The molecule has 42 heavy (non-hydrogen) atoms. The largest absolute Gasteiger partial charge is 0.460 e. The Morgan fingerprint density at radius 1 is 0.929 bits per heavy atom. The van der Waals surface area contributed by atoms with Gasteiger partial charge in [0.1, 0.15) is 0 Å². The van der Waals surface area contributed by atoms with Gasteiger partial charge >= 0.3 is 5.97 Å². The molecular weight excluding hydrogens is 536 g/mol. The van der Waals surface area contributed by atoms with E-state index in [1.165, 1.54) is 22.9 Å². The number of benzene rings is 3. The standard InChI is InChI=1S/C31H24N6O5/c1-4-42-30(39)28-34-36(22-6-5-7-23(16-22)37(40)41)31-33-27-26(29(38)35(28)31)24(20-12-8-18(2)9-13-20)17-25(32-27)21-14-10-19(3)11-15-21/h5-17H,4H2,1-3H3. The third-order valence-corrected chi connectivity index (χ3v) is 6.87. The summed E-state index contributed by atoms with van der Waals surface area (Å²) in [6, 6.07) is 23.1. The molecule has 0 fully saturated rings. The Hall–Kier alpha value is -5.71. The molecule has 0 unspecified atom stereocenters. The van der Waals surface area contributed by atoms with Crippen LogP contribution in [0, 0.1) is 24.0 Å². The Kier molecular flexibility index (Phi) is 6.54. The molecule has 0 bridgehead atoms. The predicted octanol–water partition coefficient (Wildman–Crippen LogP) is 5.46. The molecule has 0 aliphatic heterocycles. The molecule has 3 heterocycles. The number of fused-ring (bicyclic) bond motifs is 2. The van der Waals surface area contributed by atoms with Crippen molar-refractivity contribution in [3.63, 3.8) is 0 Å². The molecule has 0 N–H and O–H groups in total. The molecule has 0 aliphatic rings. The summed E-state index contributed by atoms with van der Waals surface area (Å²) in [6.07, 6.45) is 0. The molecule has 0 amide bonds. The van der Waals surface area contributed by atoms with Crippen molar-refractivity contribution in [3.05, 3.63) is 116 Å². The first-order valence-electron chi connectivity index (χ1n) is 13.2. The monoisotopic (exact) mass is 560 g/mol. The van der Waals surface area contributed by atoms with Crippen molar-refractivity contribution >= 4 is 28.5 Å². The number of nitro groups is 1. The van der Waals surface area contributed by atoms with Crippen LogP contribution in [0.5, 0.6) is 0 Å². The summed E-state index contributed by atoms with van der Waals surface area (Å²) in [6.45, 7) is 5.65. The molecule has 0 saturated heterocycles. The van der Waals surface area contributed by atoms with Gasteiger partial charge in [-0.3, -0.25) is 14.9 Å². The maximum absolute atomic E-state index is 14.3. The topological polar surface area (TPSA) is 135 Å². The molecule has 11 nitrogen and oxygen atoms in total. The van der Waals surface area contributed by atoms with Crippen LogP contribution in [0.3, 0.4) is 0 Å². The number of rotatable bonds is 6. The number of nitro benzene ring substituents is 1. The highest BCUT2D eigenvalue weighted by atomic mass is 16.6. The van der Waals surface area contributed by atoms with Gasteiger partial charge in [0.15, 0.2) is 5.65 Å². The molecule has 3 aromatic heterocycles. The van der Waals surface area contributed by atoms with E-state index in [9.17, 15) is 19.7 Å². The second-order valence-corrected chi connectivity index (χ2v) is 9.77. The highest BCUT2D eigenvalue weighted by Gasteiger charge is 2.26. The Labute approximate surface area is 238 Å². The maximum atomic E-state index is 14.3. The number of hydrogen-bond acceptors (Lipinski definition) is 8. The summed E-state index contributed by atoms with van der Waals surface area (Å²) < 4.78 is 7.49. The number of carbonyl (C=O) groups excluding carboxylic acids is 1. The summed E-state index contributed by atoms with van der Waals surface area (Å²) >= 11 is 0. The first-order chi connectivity index (χ1) is 20.2. The normalized spacial score (nSPS) is 11.2. The minimum absolute atomic E-state index is 0.0422. The van der Waals surface area contributed by atoms with Gasteiger partial charge in [0, 0.05) is 23.3 Å². The van der Waals surface area contributed by atoms with Gasteiger partial charge in [0.05, 0.1) is 28.3 Å². The lowest BCUT2D eigenvalue weighted by Gasteiger charge is -2.11. The molecule has 3 aromatic carbocycles. The first-order valence-corrected chi connectivity index (χ1v) is 13.2. The molecule has 6 rings (SSSR count). The van der Waals surface area contributed by atoms with E-state index in [1.54, 1.807) is 13.0 Å². The number of pyridine rings is 1. The van der Waals surface area contributed by atoms with Gasteiger partial charge in [0.25, 0.3) is 11.2 Å². The number of hydrogen-bond donors (Lipinski definition) is 0. The molecule has 208 valence electrons. The predicted molar refractivity (Wildman–Crippen MR) is 157 cm³/mol. The molecule has 0 saturated carbocycles. The highest BCUT2D eigenvalue weighted by Crippen LogP contribution is 2.31. The fraction of sp³-hybridized carbons (Fsp3) is 0.129. The van der Waals surface area contributed by atoms with E-state index >= 15 is 0 Å². The van der Waals surface area contributed by atoms with Crippen LogP contribution in [0.4, 0.5) is 5.69 Å². The van der Waals surface area contributed by atoms with Crippen LogP contribution >= 0.6 is 0 Å². The SMILES string of the molecule is CCOC(=O)c1nn(-c2cccc([N+](=O)[O-])c2)c2nc3nc(-c4ccc(C)cc4)cc(-c4ccc(C)cc4)c3c(=O)n12. The molecule has 6 aromatic rings. The average Bonchev–Trinajstić information content (AvgIpc) is 3.37. The van der Waals surface area contributed by atoms with Crippen LogP contribution < -0.4 is 5.56 Å². The fourth-order valence-corrected chi connectivity index (χ4v) is 4.76. The van der Waals surface area contributed by atoms with Crippen molar-refractivity contribution in [3.8, 4) is 28.1 Å². The lowest BCUT2D eigenvalue weighted by atomic mass is 9.99. The summed E-state index contributed by atoms with van der Waals surface area (Å²) in [5.74, 6) is -1.19. The van der Waals surface area contributed by atoms with Gasteiger partial charge in [-0.05, 0) is 38.5 Å². The molecule has 0 aliphatic carbocycles. The van der Waals surface area contributed by atoms with E-state index in [4.69, 9.17) is 14.7 Å². The number of esters is 1. The average molecular weight is 561 g/mol. The van der Waals surface area contributed by atoms with E-state index in [0.717, 1.165) is 26.7 Å². The molecule has 0 spiro atoms. The lowest BCUT2D eigenvalue weighted by molar-refractivity contribution is -0.384. The minimum atomic E-state index is -0.837. The Bertz CT molecular complexity index is 2080. The van der Waals surface area contributed by atoms with Crippen molar-refractivity contribution in [1.29, 1.82) is 0 Å². The first kappa shape index (κ1) is 26.5. The smallest absolute Gasteiger partial charge is 0.376 e. The van der Waals surface area contributed by atoms with Gasteiger partial charge in [-0.1, -0.05) is 65.7 Å². The molecular formula is C31H24N6O5. The van der Waals surface area contributed by atoms with Gasteiger partial charge in [0.2, 0.25) is 11.6 Å². The van der Waals surface area contributed by atoms with Gasteiger partial charge in [-0.15, -0.1) is 5.10 Å². The van der Waals surface area contributed by atoms with Crippen LogP contribution in [0.2, 0.25) is 0 Å². The van der Waals surface area contributed by atoms with Crippen LogP contribution in [0.25, 0.3) is 44.9 Å². The van der Waals surface area contributed by atoms with Crippen LogP contribution in [0.1, 0.15) is 28.7 Å². The van der Waals surface area contributed by atoms with Crippen LogP contribution in [-0.4, -0.2) is 41.6 Å². The van der Waals surface area contributed by atoms with Gasteiger partial charge in [-0.2, -0.15) is 9.67 Å². The van der Waals surface area contributed by atoms with E-state index < -0.39 is 16.5 Å².